The highest BCUT2D eigenvalue weighted by molar-refractivity contribution is 9.10. The van der Waals surface area contributed by atoms with Crippen molar-refractivity contribution in [3.63, 3.8) is 0 Å². The van der Waals surface area contributed by atoms with E-state index in [0.717, 1.165) is 17.7 Å². The van der Waals surface area contributed by atoms with Crippen molar-refractivity contribution in [1.29, 1.82) is 0 Å². The Morgan fingerprint density at radius 2 is 1.82 bits per heavy atom. The van der Waals surface area contributed by atoms with Gasteiger partial charge in [-0.15, -0.1) is 0 Å². The molecular weight excluding hydrogens is 443 g/mol. The molecule has 0 bridgehead atoms. The first-order valence-electron chi connectivity index (χ1n) is 8.36. The Kier molecular flexibility index (Phi) is 7.85. The number of carbonyl (C=O) groups is 1. The Balaban J connectivity index is 1.86. The van der Waals surface area contributed by atoms with E-state index < -0.39 is 35.6 Å². The molecule has 0 spiro atoms. The number of hydrogen-bond acceptors (Lipinski definition) is 4. The highest BCUT2D eigenvalue weighted by atomic mass is 79.9. The Morgan fingerprint density at radius 1 is 1.14 bits per heavy atom. The number of aliphatic hydroxyl groups excluding tert-OH is 2. The lowest BCUT2D eigenvalue weighted by atomic mass is 9.97. The lowest BCUT2D eigenvalue weighted by molar-refractivity contribution is -0.140. The summed E-state index contributed by atoms with van der Waals surface area (Å²) in [5.74, 6) is 0. The number of carbonyl (C=O) groups excluding carboxylic acids is 1. The molecule has 1 amide bonds. The number of hydrogen-bond donors (Lipinski definition) is 3. The number of halogens is 4. The van der Waals surface area contributed by atoms with Crippen molar-refractivity contribution in [1.82, 2.24) is 5.32 Å². The van der Waals surface area contributed by atoms with Gasteiger partial charge in [0.25, 0.3) is 0 Å². The monoisotopic (exact) mass is 461 g/mol. The molecule has 2 aromatic rings. The van der Waals surface area contributed by atoms with E-state index in [1.165, 1.54) is 6.07 Å². The predicted octanol–water partition coefficient (Wildman–Crippen LogP) is 4.18. The smallest absolute Gasteiger partial charge is 0.416 e. The zero-order valence-corrected chi connectivity index (χ0v) is 16.2. The summed E-state index contributed by atoms with van der Waals surface area (Å²) in [7, 11) is 0. The first kappa shape index (κ1) is 22.2. The van der Waals surface area contributed by atoms with Crippen molar-refractivity contribution < 1.29 is 32.9 Å². The summed E-state index contributed by atoms with van der Waals surface area (Å²) in [5.41, 5.74) is -0.679. The number of rotatable bonds is 7. The van der Waals surface area contributed by atoms with Crippen LogP contribution in [-0.4, -0.2) is 29.0 Å². The van der Waals surface area contributed by atoms with Crippen molar-refractivity contribution >= 4 is 22.0 Å². The largest absolute Gasteiger partial charge is 0.445 e. The summed E-state index contributed by atoms with van der Waals surface area (Å²) in [6.07, 6.45) is -8.83. The minimum Gasteiger partial charge on any atom is -0.445 e. The molecule has 2 unspecified atom stereocenters. The van der Waals surface area contributed by atoms with Crippen LogP contribution < -0.4 is 5.32 Å². The quantitative estimate of drug-likeness (QED) is 0.577. The van der Waals surface area contributed by atoms with Crippen LogP contribution in [-0.2, 0) is 17.5 Å². The van der Waals surface area contributed by atoms with Crippen molar-refractivity contribution in [3.8, 4) is 0 Å². The number of amides is 1. The van der Waals surface area contributed by atoms with Gasteiger partial charge in [-0.3, -0.25) is 0 Å². The highest BCUT2D eigenvalue weighted by Gasteiger charge is 2.36. The van der Waals surface area contributed by atoms with E-state index in [-0.39, 0.29) is 24.0 Å². The van der Waals surface area contributed by atoms with Gasteiger partial charge < -0.3 is 20.3 Å². The van der Waals surface area contributed by atoms with Crippen molar-refractivity contribution in [2.24, 2.45) is 0 Å². The zero-order valence-electron chi connectivity index (χ0n) is 14.6. The molecule has 3 N–H and O–H groups in total. The van der Waals surface area contributed by atoms with Crippen molar-refractivity contribution in [3.05, 3.63) is 69.7 Å². The van der Waals surface area contributed by atoms with Crippen LogP contribution in [0.2, 0.25) is 0 Å². The average Bonchev–Trinajstić information content (AvgIpc) is 2.66. The van der Waals surface area contributed by atoms with Gasteiger partial charge in [0.05, 0.1) is 11.7 Å². The molecule has 0 aliphatic rings. The minimum absolute atomic E-state index is 0.0612. The van der Waals surface area contributed by atoms with Gasteiger partial charge in [-0.1, -0.05) is 52.3 Å². The maximum Gasteiger partial charge on any atom is 0.416 e. The summed E-state index contributed by atoms with van der Waals surface area (Å²) >= 11 is 2.96. The zero-order chi connectivity index (χ0) is 20.7. The lowest BCUT2D eigenvalue weighted by Gasteiger charge is -2.22. The predicted molar refractivity (Wildman–Crippen MR) is 99.4 cm³/mol. The average molecular weight is 462 g/mol. The van der Waals surface area contributed by atoms with E-state index in [4.69, 9.17) is 4.74 Å². The van der Waals surface area contributed by atoms with Gasteiger partial charge in [-0.05, 0) is 29.7 Å². The molecule has 0 aliphatic heterocycles. The van der Waals surface area contributed by atoms with Gasteiger partial charge in [0, 0.05) is 11.0 Å². The maximum atomic E-state index is 13.1. The van der Waals surface area contributed by atoms with Gasteiger partial charge in [-0.2, -0.15) is 13.2 Å². The second-order valence-corrected chi connectivity index (χ2v) is 6.93. The summed E-state index contributed by atoms with van der Waals surface area (Å²) in [6, 6.07) is 12.3. The fourth-order valence-electron chi connectivity index (χ4n) is 2.49. The molecule has 2 atom stereocenters. The maximum absolute atomic E-state index is 13.1. The number of alkyl halides is 3. The topological polar surface area (TPSA) is 78.8 Å². The molecule has 0 heterocycles. The SMILES string of the molecule is O=C(NCCC(O)C(O)c1ccc(Br)cc1C(F)(F)F)OCc1ccccc1. The normalized spacial score (nSPS) is 13.6. The van der Waals surface area contributed by atoms with Crippen LogP contribution in [0.5, 0.6) is 0 Å². The van der Waals surface area contributed by atoms with E-state index in [1.54, 1.807) is 24.3 Å². The van der Waals surface area contributed by atoms with Gasteiger partial charge in [-0.25, -0.2) is 4.79 Å². The second kappa shape index (κ2) is 9.90. The fraction of sp³-hybridized carbons (Fsp3) is 0.316. The van der Waals surface area contributed by atoms with E-state index in [1.807, 2.05) is 6.07 Å². The van der Waals surface area contributed by atoms with Gasteiger partial charge in [0.1, 0.15) is 12.7 Å². The summed E-state index contributed by atoms with van der Waals surface area (Å²) in [5, 5.41) is 22.5. The second-order valence-electron chi connectivity index (χ2n) is 6.02. The molecule has 28 heavy (non-hydrogen) atoms. The van der Waals surface area contributed by atoms with Crippen LogP contribution in [0.3, 0.4) is 0 Å². The molecule has 2 aromatic carbocycles. The molecule has 2 rings (SSSR count). The van der Waals surface area contributed by atoms with Crippen LogP contribution in [0.15, 0.2) is 53.0 Å². The molecule has 0 fully saturated rings. The number of ether oxygens (including phenoxy) is 1. The van der Waals surface area contributed by atoms with Gasteiger partial charge >= 0.3 is 12.3 Å². The number of alkyl carbamates (subject to hydrolysis) is 1. The molecule has 9 heteroatoms. The molecule has 0 radical (unpaired) electrons. The number of nitrogens with one attached hydrogen (secondary N) is 1. The Bertz CT molecular complexity index is 786. The molecule has 0 aromatic heterocycles. The number of benzene rings is 2. The van der Waals surface area contributed by atoms with Gasteiger partial charge in [0.2, 0.25) is 0 Å². The van der Waals surface area contributed by atoms with Gasteiger partial charge in [0.15, 0.2) is 0 Å². The van der Waals surface area contributed by atoms with Crippen molar-refractivity contribution in [2.45, 2.75) is 31.4 Å². The Morgan fingerprint density at radius 3 is 2.46 bits per heavy atom. The van der Waals surface area contributed by atoms with Crippen molar-refractivity contribution in [2.75, 3.05) is 6.54 Å². The third-order valence-electron chi connectivity index (χ3n) is 3.93. The van der Waals surface area contributed by atoms with Crippen LogP contribution in [0.25, 0.3) is 0 Å². The van der Waals surface area contributed by atoms with Crippen LogP contribution in [0, 0.1) is 0 Å². The first-order chi connectivity index (χ1) is 13.2. The third-order valence-corrected chi connectivity index (χ3v) is 4.42. The fourth-order valence-corrected chi connectivity index (χ4v) is 2.85. The minimum atomic E-state index is -4.68. The van der Waals surface area contributed by atoms with E-state index >= 15 is 0 Å². The van der Waals surface area contributed by atoms with E-state index in [9.17, 15) is 28.2 Å². The third kappa shape index (κ3) is 6.50. The molecule has 5 nitrogen and oxygen atoms in total. The standard InChI is InChI=1S/C19H19BrF3NO4/c20-13-6-7-14(15(10-13)19(21,22)23)17(26)16(25)8-9-24-18(27)28-11-12-4-2-1-3-5-12/h1-7,10,16-17,25-26H,8-9,11H2,(H,24,27). The summed E-state index contributed by atoms with van der Waals surface area (Å²) in [6.45, 7) is -0.0184. The number of aliphatic hydroxyl groups is 2. The van der Waals surface area contributed by atoms with E-state index in [2.05, 4.69) is 21.2 Å². The Labute approximate surface area is 168 Å². The van der Waals surface area contributed by atoms with Crippen LogP contribution >= 0.6 is 15.9 Å². The molecule has 0 saturated carbocycles. The first-order valence-corrected chi connectivity index (χ1v) is 9.15. The summed E-state index contributed by atoms with van der Waals surface area (Å²) in [4.78, 5) is 11.6. The van der Waals surface area contributed by atoms with Crippen LogP contribution in [0.1, 0.15) is 29.2 Å². The molecule has 0 aliphatic carbocycles. The lowest BCUT2D eigenvalue weighted by Crippen LogP contribution is -2.30. The molecular formula is C19H19BrF3NO4. The summed E-state index contributed by atoms with van der Waals surface area (Å²) < 4.78 is 44.6. The highest BCUT2D eigenvalue weighted by Crippen LogP contribution is 2.37. The molecule has 0 saturated heterocycles. The van der Waals surface area contributed by atoms with E-state index in [0.29, 0.717) is 0 Å². The molecule has 152 valence electrons. The Hall–Kier alpha value is -2.10. The van der Waals surface area contributed by atoms with Crippen LogP contribution in [0.4, 0.5) is 18.0 Å².